The predicted octanol–water partition coefficient (Wildman–Crippen LogP) is 4.18. The Balaban J connectivity index is 1.63. The lowest BCUT2D eigenvalue weighted by atomic mass is 10.2. The molecule has 8 nitrogen and oxygen atoms in total. The lowest BCUT2D eigenvalue weighted by molar-refractivity contribution is -0.118. The minimum Gasteiger partial charge on any atom is -0.493 e. The van der Waals surface area contributed by atoms with E-state index in [0.717, 1.165) is 0 Å². The van der Waals surface area contributed by atoms with Crippen LogP contribution < -0.4 is 24.2 Å². The normalized spacial score (nSPS) is 10.8. The lowest BCUT2D eigenvalue weighted by Gasteiger charge is -2.12. The molecule has 10 heteroatoms. The van der Waals surface area contributed by atoms with E-state index in [0.29, 0.717) is 22.9 Å². The average molecular weight is 477 g/mol. The van der Waals surface area contributed by atoms with Gasteiger partial charge in [-0.2, -0.15) is 0 Å². The second-order valence-corrected chi connectivity index (χ2v) is 8.56. The third kappa shape index (κ3) is 5.83. The molecule has 0 bridgehead atoms. The van der Waals surface area contributed by atoms with E-state index in [1.165, 1.54) is 32.4 Å². The fraction of sp³-hybridized carbons (Fsp3) is 0.136. The highest BCUT2D eigenvalue weighted by Crippen LogP contribution is 2.30. The number of benzene rings is 3. The molecule has 0 spiro atoms. The Morgan fingerprint density at radius 2 is 1.56 bits per heavy atom. The molecule has 0 aliphatic carbocycles. The molecule has 0 saturated carbocycles. The second kappa shape index (κ2) is 10.3. The first-order chi connectivity index (χ1) is 15.3. The van der Waals surface area contributed by atoms with Gasteiger partial charge in [0.25, 0.3) is 15.9 Å². The third-order valence-electron chi connectivity index (χ3n) is 4.27. The van der Waals surface area contributed by atoms with E-state index < -0.39 is 15.9 Å². The minimum atomic E-state index is -3.83. The molecular formula is C22H21ClN2O6S. The van der Waals surface area contributed by atoms with E-state index in [-0.39, 0.29) is 22.3 Å². The van der Waals surface area contributed by atoms with Crippen molar-refractivity contribution in [1.82, 2.24) is 0 Å². The average Bonchev–Trinajstić information content (AvgIpc) is 2.78. The highest BCUT2D eigenvalue weighted by atomic mass is 35.5. The van der Waals surface area contributed by atoms with Crippen LogP contribution in [0.1, 0.15) is 0 Å². The summed E-state index contributed by atoms with van der Waals surface area (Å²) in [7, 11) is -0.819. The Morgan fingerprint density at radius 3 is 2.22 bits per heavy atom. The molecular weight excluding hydrogens is 456 g/mol. The zero-order valence-corrected chi connectivity index (χ0v) is 18.9. The maximum Gasteiger partial charge on any atom is 0.262 e. The monoisotopic (exact) mass is 476 g/mol. The fourth-order valence-corrected chi connectivity index (χ4v) is 4.12. The van der Waals surface area contributed by atoms with Crippen molar-refractivity contribution in [2.24, 2.45) is 0 Å². The molecule has 0 aliphatic heterocycles. The van der Waals surface area contributed by atoms with E-state index in [1.807, 2.05) is 0 Å². The van der Waals surface area contributed by atoms with E-state index in [4.69, 9.17) is 25.8 Å². The van der Waals surface area contributed by atoms with E-state index >= 15 is 0 Å². The molecule has 3 rings (SSSR count). The van der Waals surface area contributed by atoms with Gasteiger partial charge >= 0.3 is 0 Å². The molecule has 3 aromatic rings. The van der Waals surface area contributed by atoms with Crippen molar-refractivity contribution >= 4 is 38.9 Å². The van der Waals surface area contributed by atoms with Crippen molar-refractivity contribution in [2.75, 3.05) is 30.9 Å². The van der Waals surface area contributed by atoms with Gasteiger partial charge < -0.3 is 19.5 Å². The highest BCUT2D eigenvalue weighted by molar-refractivity contribution is 7.92. The summed E-state index contributed by atoms with van der Waals surface area (Å²) >= 11 is 6.18. The molecule has 0 fully saturated rings. The topological polar surface area (TPSA) is 103 Å². The third-order valence-corrected chi connectivity index (χ3v) is 5.94. The van der Waals surface area contributed by atoms with Crippen LogP contribution in [0.5, 0.6) is 17.2 Å². The Labute approximate surface area is 191 Å². The van der Waals surface area contributed by atoms with Crippen molar-refractivity contribution in [3.63, 3.8) is 0 Å². The van der Waals surface area contributed by atoms with Crippen molar-refractivity contribution in [3.8, 4) is 17.2 Å². The fourth-order valence-electron chi connectivity index (χ4n) is 2.74. The number of hydrogen-bond acceptors (Lipinski definition) is 6. The van der Waals surface area contributed by atoms with E-state index in [9.17, 15) is 13.2 Å². The van der Waals surface area contributed by atoms with Gasteiger partial charge in [-0.3, -0.25) is 9.52 Å². The summed E-state index contributed by atoms with van der Waals surface area (Å²) in [4.78, 5) is 12.2. The van der Waals surface area contributed by atoms with Crippen LogP contribution in [0.2, 0.25) is 5.02 Å². The molecule has 0 radical (unpaired) electrons. The summed E-state index contributed by atoms with van der Waals surface area (Å²) in [6, 6.07) is 17.4. The van der Waals surface area contributed by atoms with Gasteiger partial charge in [0.05, 0.1) is 24.1 Å². The van der Waals surface area contributed by atoms with Crippen LogP contribution in [0, 0.1) is 0 Å². The summed E-state index contributed by atoms with van der Waals surface area (Å²) in [5.74, 6) is 0.740. The Bertz CT molecular complexity index is 1200. The molecule has 3 aromatic carbocycles. The maximum atomic E-state index is 12.5. The number of amides is 1. The molecule has 0 atom stereocenters. The first-order valence-corrected chi connectivity index (χ1v) is 11.2. The molecule has 168 valence electrons. The van der Waals surface area contributed by atoms with Gasteiger partial charge in [-0.15, -0.1) is 0 Å². The maximum absolute atomic E-state index is 12.5. The molecule has 0 aliphatic rings. The number of sulfonamides is 1. The quantitative estimate of drug-likeness (QED) is 0.480. The summed E-state index contributed by atoms with van der Waals surface area (Å²) in [5, 5.41) is 2.73. The predicted molar refractivity (Wildman–Crippen MR) is 122 cm³/mol. The first kappa shape index (κ1) is 23.2. The molecule has 0 saturated heterocycles. The molecule has 1 amide bonds. The van der Waals surface area contributed by atoms with Crippen LogP contribution in [-0.4, -0.2) is 35.2 Å². The van der Waals surface area contributed by atoms with Crippen LogP contribution in [0.25, 0.3) is 0 Å². The van der Waals surface area contributed by atoms with Gasteiger partial charge in [0, 0.05) is 17.4 Å². The van der Waals surface area contributed by atoms with Crippen molar-refractivity contribution in [1.29, 1.82) is 0 Å². The van der Waals surface area contributed by atoms with Gasteiger partial charge in [0.1, 0.15) is 5.75 Å². The van der Waals surface area contributed by atoms with Crippen LogP contribution in [0.3, 0.4) is 0 Å². The summed E-state index contributed by atoms with van der Waals surface area (Å²) < 4.78 is 43.3. The number of carbonyl (C=O) groups excluding carboxylic acids is 1. The number of rotatable bonds is 9. The lowest BCUT2D eigenvalue weighted by Crippen LogP contribution is -2.20. The van der Waals surface area contributed by atoms with Gasteiger partial charge in [-0.25, -0.2) is 8.42 Å². The molecule has 2 N–H and O–H groups in total. The zero-order chi connectivity index (χ0) is 23.1. The van der Waals surface area contributed by atoms with Gasteiger partial charge in [0.15, 0.2) is 18.1 Å². The van der Waals surface area contributed by atoms with Gasteiger partial charge in [-0.1, -0.05) is 29.8 Å². The summed E-state index contributed by atoms with van der Waals surface area (Å²) in [5.41, 5.74) is 0.923. The molecule has 32 heavy (non-hydrogen) atoms. The minimum absolute atomic E-state index is 0.0338. The molecule has 0 unspecified atom stereocenters. The number of methoxy groups -OCH3 is 2. The Morgan fingerprint density at radius 1 is 0.875 bits per heavy atom. The second-order valence-electron chi connectivity index (χ2n) is 6.47. The number of nitrogens with one attached hydrogen (secondary N) is 2. The van der Waals surface area contributed by atoms with Crippen LogP contribution in [0.4, 0.5) is 11.4 Å². The number of halogens is 1. The largest absolute Gasteiger partial charge is 0.493 e. The Hall–Kier alpha value is -3.43. The van der Waals surface area contributed by atoms with Gasteiger partial charge in [-0.05, 0) is 42.5 Å². The number of hydrogen-bond donors (Lipinski definition) is 2. The van der Waals surface area contributed by atoms with Crippen LogP contribution >= 0.6 is 11.6 Å². The van der Waals surface area contributed by atoms with E-state index in [1.54, 1.807) is 48.5 Å². The van der Waals surface area contributed by atoms with E-state index in [2.05, 4.69) is 10.0 Å². The molecule has 0 aromatic heterocycles. The van der Waals surface area contributed by atoms with Gasteiger partial charge in [0.2, 0.25) is 0 Å². The van der Waals surface area contributed by atoms with Crippen LogP contribution in [-0.2, 0) is 14.8 Å². The number of ether oxygens (including phenoxy) is 3. The standard InChI is InChI=1S/C22H21ClN2O6S/c1-29-20-10-8-16(12-21(20)30-2)24-22(26)14-31-19-11-9-17(13-18(19)23)32(27,28)25-15-6-4-3-5-7-15/h3-13,25H,14H2,1-2H3,(H,24,26). The smallest absolute Gasteiger partial charge is 0.262 e. The number of carbonyl (C=O) groups is 1. The molecule has 0 heterocycles. The van der Waals surface area contributed by atoms with Crippen molar-refractivity contribution in [2.45, 2.75) is 4.90 Å². The summed E-state index contributed by atoms with van der Waals surface area (Å²) in [6.45, 7) is -0.331. The van der Waals surface area contributed by atoms with Crippen LogP contribution in [0.15, 0.2) is 71.6 Å². The van der Waals surface area contributed by atoms with Crippen molar-refractivity contribution < 1.29 is 27.4 Å². The number of para-hydroxylation sites is 1. The first-order valence-electron chi connectivity index (χ1n) is 9.34. The highest BCUT2D eigenvalue weighted by Gasteiger charge is 2.17. The van der Waals surface area contributed by atoms with Crippen molar-refractivity contribution in [3.05, 3.63) is 71.8 Å². The zero-order valence-electron chi connectivity index (χ0n) is 17.3. The Kier molecular flexibility index (Phi) is 7.45. The summed E-state index contributed by atoms with van der Waals surface area (Å²) in [6.07, 6.45) is 0. The SMILES string of the molecule is COc1ccc(NC(=O)COc2ccc(S(=O)(=O)Nc3ccccc3)cc2Cl)cc1OC. The number of anilines is 2.